The molecule has 3 heteroatoms. The molecule has 3 fully saturated rings. The summed E-state index contributed by atoms with van der Waals surface area (Å²) < 4.78 is 0. The molecule has 1 aromatic rings. The van der Waals surface area contributed by atoms with Gasteiger partial charge < -0.3 is 15.5 Å². The molecule has 108 valence electrons. The Hall–Kier alpha value is -1.06. The first-order valence-electron chi connectivity index (χ1n) is 8.20. The summed E-state index contributed by atoms with van der Waals surface area (Å²) in [5.41, 5.74) is 4.37. The van der Waals surface area contributed by atoms with Gasteiger partial charge in [0.15, 0.2) is 0 Å². The summed E-state index contributed by atoms with van der Waals surface area (Å²) >= 11 is 0. The molecule has 0 spiro atoms. The SMILES string of the molecule is c1cc2c(c(CNC3CN4CCC3CC4)c1)NCCC2. The second kappa shape index (κ2) is 5.38. The molecule has 3 saturated heterocycles. The molecule has 1 atom stereocenters. The van der Waals surface area contributed by atoms with Crippen molar-refractivity contribution in [2.75, 3.05) is 31.5 Å². The average Bonchev–Trinajstić information content (AvgIpc) is 2.54. The highest BCUT2D eigenvalue weighted by Gasteiger charge is 2.33. The smallest absolute Gasteiger partial charge is 0.0418 e. The van der Waals surface area contributed by atoms with Crippen LogP contribution in [0.25, 0.3) is 0 Å². The zero-order valence-electron chi connectivity index (χ0n) is 12.2. The number of benzene rings is 1. The summed E-state index contributed by atoms with van der Waals surface area (Å²) in [6, 6.07) is 7.49. The standard InChI is InChI=1S/C17H25N3/c1-3-14-5-2-8-18-17(14)15(4-1)11-19-16-12-20-9-6-13(16)7-10-20/h1,3-4,13,16,18-19H,2,5-12H2. The van der Waals surface area contributed by atoms with Gasteiger partial charge in [0, 0.05) is 31.4 Å². The molecular formula is C17H25N3. The van der Waals surface area contributed by atoms with E-state index in [9.17, 15) is 0 Å². The number of rotatable bonds is 3. The number of nitrogens with zero attached hydrogens (tertiary/aromatic N) is 1. The lowest BCUT2D eigenvalue weighted by Gasteiger charge is -2.45. The van der Waals surface area contributed by atoms with Crippen LogP contribution in [0.15, 0.2) is 18.2 Å². The van der Waals surface area contributed by atoms with Crippen LogP contribution >= 0.6 is 0 Å². The van der Waals surface area contributed by atoms with Gasteiger partial charge in [-0.1, -0.05) is 18.2 Å². The molecule has 1 unspecified atom stereocenters. The molecule has 0 amide bonds. The monoisotopic (exact) mass is 271 g/mol. The molecule has 4 heterocycles. The third-order valence-electron chi connectivity index (χ3n) is 5.37. The molecule has 0 radical (unpaired) electrons. The minimum Gasteiger partial charge on any atom is -0.385 e. The van der Waals surface area contributed by atoms with Crippen molar-refractivity contribution in [3.63, 3.8) is 0 Å². The van der Waals surface area contributed by atoms with Crippen molar-refractivity contribution in [2.24, 2.45) is 5.92 Å². The summed E-state index contributed by atoms with van der Waals surface area (Å²) in [4.78, 5) is 2.62. The third kappa shape index (κ3) is 2.33. The van der Waals surface area contributed by atoms with Crippen LogP contribution in [0.5, 0.6) is 0 Å². The molecule has 4 aliphatic heterocycles. The van der Waals surface area contributed by atoms with Crippen molar-refractivity contribution in [1.29, 1.82) is 0 Å². The van der Waals surface area contributed by atoms with Crippen LogP contribution in [0.4, 0.5) is 5.69 Å². The topological polar surface area (TPSA) is 27.3 Å². The van der Waals surface area contributed by atoms with Crippen LogP contribution in [0.2, 0.25) is 0 Å². The molecule has 0 aromatic heterocycles. The van der Waals surface area contributed by atoms with E-state index in [1.807, 2.05) is 0 Å². The molecule has 3 nitrogen and oxygen atoms in total. The van der Waals surface area contributed by atoms with Gasteiger partial charge >= 0.3 is 0 Å². The first kappa shape index (κ1) is 12.7. The summed E-state index contributed by atoms with van der Waals surface area (Å²) in [7, 11) is 0. The van der Waals surface area contributed by atoms with E-state index < -0.39 is 0 Å². The number of piperidine rings is 3. The van der Waals surface area contributed by atoms with Crippen molar-refractivity contribution >= 4 is 5.69 Å². The van der Waals surface area contributed by atoms with E-state index in [0.29, 0.717) is 6.04 Å². The Morgan fingerprint density at radius 1 is 1.25 bits per heavy atom. The fourth-order valence-corrected chi connectivity index (χ4v) is 4.17. The van der Waals surface area contributed by atoms with Gasteiger partial charge in [-0.3, -0.25) is 0 Å². The molecule has 4 aliphatic rings. The Balaban J connectivity index is 1.45. The van der Waals surface area contributed by atoms with E-state index in [1.54, 1.807) is 0 Å². The van der Waals surface area contributed by atoms with Crippen molar-refractivity contribution < 1.29 is 0 Å². The lowest BCUT2D eigenvalue weighted by atomic mass is 9.84. The van der Waals surface area contributed by atoms with E-state index in [2.05, 4.69) is 33.7 Å². The minimum absolute atomic E-state index is 0.706. The molecule has 2 bridgehead atoms. The van der Waals surface area contributed by atoms with E-state index >= 15 is 0 Å². The van der Waals surface area contributed by atoms with Crippen LogP contribution in [0, 0.1) is 5.92 Å². The molecule has 0 saturated carbocycles. The highest BCUT2D eigenvalue weighted by Crippen LogP contribution is 2.29. The number of hydrogen-bond donors (Lipinski definition) is 2. The molecular weight excluding hydrogens is 246 g/mol. The fraction of sp³-hybridized carbons (Fsp3) is 0.647. The van der Waals surface area contributed by atoms with Gasteiger partial charge in [0.05, 0.1) is 0 Å². The number of hydrogen-bond acceptors (Lipinski definition) is 3. The van der Waals surface area contributed by atoms with Gasteiger partial charge in [-0.05, 0) is 55.8 Å². The predicted molar refractivity (Wildman–Crippen MR) is 83.0 cm³/mol. The van der Waals surface area contributed by atoms with Crippen LogP contribution in [0.1, 0.15) is 30.4 Å². The zero-order valence-corrected chi connectivity index (χ0v) is 12.2. The largest absolute Gasteiger partial charge is 0.385 e. The number of nitrogens with one attached hydrogen (secondary N) is 2. The second-order valence-corrected chi connectivity index (χ2v) is 6.61. The maximum absolute atomic E-state index is 3.84. The number of fused-ring (bicyclic) bond motifs is 4. The molecule has 1 aromatic carbocycles. The number of para-hydroxylation sites is 1. The van der Waals surface area contributed by atoms with E-state index in [-0.39, 0.29) is 0 Å². The Morgan fingerprint density at radius 3 is 2.95 bits per heavy atom. The van der Waals surface area contributed by atoms with Crippen molar-refractivity contribution in [3.05, 3.63) is 29.3 Å². The lowest BCUT2D eigenvalue weighted by Crippen LogP contribution is -2.55. The van der Waals surface area contributed by atoms with Crippen LogP contribution in [0.3, 0.4) is 0 Å². The highest BCUT2D eigenvalue weighted by atomic mass is 15.2. The Morgan fingerprint density at radius 2 is 2.15 bits per heavy atom. The van der Waals surface area contributed by atoms with Crippen molar-refractivity contribution in [2.45, 2.75) is 38.3 Å². The zero-order chi connectivity index (χ0) is 13.4. The number of aryl methyl sites for hydroxylation is 1. The summed E-state index contributed by atoms with van der Waals surface area (Å²) in [5.74, 6) is 0.910. The first-order chi connectivity index (χ1) is 9.90. The van der Waals surface area contributed by atoms with Gasteiger partial charge in [-0.15, -0.1) is 0 Å². The highest BCUT2D eigenvalue weighted by molar-refractivity contribution is 5.59. The summed E-state index contributed by atoms with van der Waals surface area (Å²) in [6.07, 6.45) is 5.28. The maximum Gasteiger partial charge on any atom is 0.0418 e. The lowest BCUT2D eigenvalue weighted by molar-refractivity contribution is 0.0720. The van der Waals surface area contributed by atoms with Crippen LogP contribution < -0.4 is 10.6 Å². The molecule has 0 aliphatic carbocycles. The average molecular weight is 271 g/mol. The van der Waals surface area contributed by atoms with Crippen LogP contribution in [-0.4, -0.2) is 37.1 Å². The Labute approximate surface area is 121 Å². The van der Waals surface area contributed by atoms with Gasteiger partial charge in [0.2, 0.25) is 0 Å². The molecule has 5 rings (SSSR count). The quantitative estimate of drug-likeness (QED) is 0.883. The van der Waals surface area contributed by atoms with E-state index in [1.165, 1.54) is 62.1 Å². The number of anilines is 1. The molecule has 20 heavy (non-hydrogen) atoms. The predicted octanol–water partition coefficient (Wildman–Crippen LogP) is 2.23. The maximum atomic E-state index is 3.84. The van der Waals surface area contributed by atoms with Crippen molar-refractivity contribution in [1.82, 2.24) is 10.2 Å². The second-order valence-electron chi connectivity index (χ2n) is 6.61. The first-order valence-corrected chi connectivity index (χ1v) is 8.20. The van der Waals surface area contributed by atoms with Gasteiger partial charge in [0.1, 0.15) is 0 Å². The van der Waals surface area contributed by atoms with Gasteiger partial charge in [-0.2, -0.15) is 0 Å². The Bertz CT molecular complexity index is 477. The Kier molecular flexibility index (Phi) is 3.41. The fourth-order valence-electron chi connectivity index (χ4n) is 4.17. The van der Waals surface area contributed by atoms with Gasteiger partial charge in [-0.25, -0.2) is 0 Å². The summed E-state index contributed by atoms with van der Waals surface area (Å²) in [6.45, 7) is 6.05. The minimum atomic E-state index is 0.706. The van der Waals surface area contributed by atoms with Gasteiger partial charge in [0.25, 0.3) is 0 Å². The van der Waals surface area contributed by atoms with Crippen LogP contribution in [-0.2, 0) is 13.0 Å². The normalized spacial score (nSPS) is 31.7. The van der Waals surface area contributed by atoms with E-state index in [0.717, 1.165) is 19.0 Å². The third-order valence-corrected chi connectivity index (χ3v) is 5.37. The molecule has 2 N–H and O–H groups in total. The van der Waals surface area contributed by atoms with Crippen molar-refractivity contribution in [3.8, 4) is 0 Å². The van der Waals surface area contributed by atoms with E-state index in [4.69, 9.17) is 0 Å². The summed E-state index contributed by atoms with van der Waals surface area (Å²) in [5, 5.41) is 7.44.